The molecule has 3 aromatic rings. The number of anilines is 3. The van der Waals surface area contributed by atoms with Gasteiger partial charge in [0.25, 0.3) is 0 Å². The monoisotopic (exact) mass is 416 g/mol. The van der Waals surface area contributed by atoms with Crippen LogP contribution in [0.2, 0.25) is 0 Å². The molecule has 0 spiro atoms. The van der Waals surface area contributed by atoms with Crippen molar-refractivity contribution in [3.8, 4) is 0 Å². The molecule has 0 aliphatic carbocycles. The van der Waals surface area contributed by atoms with Gasteiger partial charge in [-0.25, -0.2) is 9.97 Å². The second-order valence-corrected chi connectivity index (χ2v) is 7.54. The summed E-state index contributed by atoms with van der Waals surface area (Å²) < 4.78 is 19.5. The molecule has 0 saturated heterocycles. The predicted molar refractivity (Wildman–Crippen MR) is 118 cm³/mol. The number of ether oxygens (including phenoxy) is 2. The van der Waals surface area contributed by atoms with E-state index >= 15 is 0 Å². The van der Waals surface area contributed by atoms with Crippen LogP contribution < -0.4 is 10.2 Å². The first kappa shape index (κ1) is 21.4. The molecule has 2 aromatic heterocycles. The molecular formula is C20H28N6O2S. The summed E-state index contributed by atoms with van der Waals surface area (Å²) in [7, 11) is 3.40. The SMILES string of the molecule is COCCN(CCOC)c1nc(C)nc(Nc2c(C)cc(C)c3nsnc23)c1C. The molecule has 0 saturated carbocycles. The summed E-state index contributed by atoms with van der Waals surface area (Å²) in [6.07, 6.45) is 0. The molecule has 9 heteroatoms. The lowest BCUT2D eigenvalue weighted by Gasteiger charge is -2.26. The number of nitrogens with zero attached hydrogens (tertiary/aromatic N) is 5. The number of rotatable bonds is 9. The average molecular weight is 417 g/mol. The van der Waals surface area contributed by atoms with Crippen LogP contribution in [-0.4, -0.2) is 59.2 Å². The molecule has 8 nitrogen and oxygen atoms in total. The summed E-state index contributed by atoms with van der Waals surface area (Å²) in [5.74, 6) is 2.35. The van der Waals surface area contributed by atoms with E-state index in [-0.39, 0.29) is 0 Å². The van der Waals surface area contributed by atoms with Gasteiger partial charge in [0, 0.05) is 32.9 Å². The van der Waals surface area contributed by atoms with Crippen LogP contribution in [0.15, 0.2) is 6.07 Å². The van der Waals surface area contributed by atoms with Crippen LogP contribution in [-0.2, 0) is 9.47 Å². The normalized spacial score (nSPS) is 11.2. The van der Waals surface area contributed by atoms with Gasteiger partial charge in [-0.1, -0.05) is 6.07 Å². The topological polar surface area (TPSA) is 85.3 Å². The third-order valence-corrected chi connectivity index (χ3v) is 5.36. The van der Waals surface area contributed by atoms with Crippen molar-refractivity contribution in [1.82, 2.24) is 18.7 Å². The summed E-state index contributed by atoms with van der Waals surface area (Å²) in [6, 6.07) is 2.12. The van der Waals surface area contributed by atoms with Crippen LogP contribution in [0.4, 0.5) is 17.3 Å². The Kier molecular flexibility index (Phi) is 6.94. The zero-order valence-corrected chi connectivity index (χ0v) is 18.7. The van der Waals surface area contributed by atoms with Gasteiger partial charge < -0.3 is 19.7 Å². The molecule has 3 rings (SSSR count). The fraction of sp³-hybridized carbons (Fsp3) is 0.500. The maximum absolute atomic E-state index is 5.28. The predicted octanol–water partition coefficient (Wildman–Crippen LogP) is 3.56. The number of nitrogens with one attached hydrogen (secondary N) is 1. The fourth-order valence-electron chi connectivity index (χ4n) is 3.31. The number of methoxy groups -OCH3 is 2. The minimum atomic E-state index is 0.608. The zero-order chi connectivity index (χ0) is 21.0. The van der Waals surface area contributed by atoms with E-state index in [1.165, 1.54) is 11.7 Å². The van der Waals surface area contributed by atoms with Gasteiger partial charge in [0.15, 0.2) is 0 Å². The summed E-state index contributed by atoms with van der Waals surface area (Å²) in [5.41, 5.74) is 5.94. The number of aromatic nitrogens is 4. The van der Waals surface area contributed by atoms with Crippen molar-refractivity contribution < 1.29 is 9.47 Å². The average Bonchev–Trinajstić information content (AvgIpc) is 3.18. The number of hydrogen-bond donors (Lipinski definition) is 1. The minimum Gasteiger partial charge on any atom is -0.383 e. The molecule has 0 bridgehead atoms. The maximum Gasteiger partial charge on any atom is 0.139 e. The molecule has 156 valence electrons. The van der Waals surface area contributed by atoms with Gasteiger partial charge in [-0.05, 0) is 38.8 Å². The summed E-state index contributed by atoms with van der Waals surface area (Å²) >= 11 is 1.23. The molecule has 0 amide bonds. The molecule has 0 atom stereocenters. The molecule has 0 unspecified atom stereocenters. The summed E-state index contributed by atoms with van der Waals surface area (Å²) in [6.45, 7) is 10.7. The van der Waals surface area contributed by atoms with Crippen molar-refractivity contribution in [2.75, 3.05) is 50.7 Å². The molecule has 2 heterocycles. The van der Waals surface area contributed by atoms with Crippen LogP contribution in [0.5, 0.6) is 0 Å². The van der Waals surface area contributed by atoms with Gasteiger partial charge in [-0.15, -0.1) is 0 Å². The van der Waals surface area contributed by atoms with Gasteiger partial charge >= 0.3 is 0 Å². The second kappa shape index (κ2) is 9.43. The molecule has 0 radical (unpaired) electrons. The quantitative estimate of drug-likeness (QED) is 0.567. The molecular weight excluding hydrogens is 388 g/mol. The molecule has 0 aliphatic heterocycles. The first-order chi connectivity index (χ1) is 14.0. The van der Waals surface area contributed by atoms with Crippen molar-refractivity contribution >= 4 is 40.1 Å². The van der Waals surface area contributed by atoms with Gasteiger partial charge in [-0.3, -0.25) is 0 Å². The van der Waals surface area contributed by atoms with Crippen molar-refractivity contribution in [2.24, 2.45) is 0 Å². The van der Waals surface area contributed by atoms with E-state index in [9.17, 15) is 0 Å². The van der Waals surface area contributed by atoms with E-state index in [4.69, 9.17) is 14.5 Å². The van der Waals surface area contributed by atoms with Gasteiger partial charge in [0.2, 0.25) is 0 Å². The largest absolute Gasteiger partial charge is 0.383 e. The van der Waals surface area contributed by atoms with Crippen LogP contribution in [0, 0.1) is 27.7 Å². The third kappa shape index (κ3) is 4.63. The standard InChI is InChI=1S/C20H28N6O2S/c1-12-11-13(2)17-18(25-29-24-17)16(12)23-19-14(3)20(22-15(4)21-19)26(7-9-27-5)8-10-28-6/h11H,7-10H2,1-6H3,(H,21,22,23). The Morgan fingerprint density at radius 3 is 2.24 bits per heavy atom. The smallest absolute Gasteiger partial charge is 0.139 e. The Morgan fingerprint density at radius 2 is 1.59 bits per heavy atom. The molecule has 1 aromatic carbocycles. The van der Waals surface area contributed by atoms with E-state index < -0.39 is 0 Å². The van der Waals surface area contributed by atoms with Crippen molar-refractivity contribution in [1.29, 1.82) is 0 Å². The van der Waals surface area contributed by atoms with Crippen molar-refractivity contribution in [3.63, 3.8) is 0 Å². The number of fused-ring (bicyclic) bond motifs is 1. The fourth-order valence-corrected chi connectivity index (χ4v) is 3.92. The van der Waals surface area contributed by atoms with Gasteiger partial charge in [0.1, 0.15) is 28.5 Å². The third-order valence-electron chi connectivity index (χ3n) is 4.83. The van der Waals surface area contributed by atoms with Crippen molar-refractivity contribution in [3.05, 3.63) is 28.6 Å². The highest BCUT2D eigenvalue weighted by Gasteiger charge is 2.18. The number of hydrogen-bond acceptors (Lipinski definition) is 9. The Morgan fingerprint density at radius 1 is 0.931 bits per heavy atom. The lowest BCUT2D eigenvalue weighted by molar-refractivity contribution is 0.190. The highest BCUT2D eigenvalue weighted by Crippen LogP contribution is 2.33. The highest BCUT2D eigenvalue weighted by atomic mass is 32.1. The summed E-state index contributed by atoms with van der Waals surface area (Å²) in [5, 5.41) is 3.51. The van der Waals surface area contributed by atoms with Crippen LogP contribution >= 0.6 is 11.7 Å². The van der Waals surface area contributed by atoms with E-state index in [0.29, 0.717) is 19.0 Å². The first-order valence-corrected chi connectivity index (χ1v) is 10.3. The highest BCUT2D eigenvalue weighted by molar-refractivity contribution is 7.00. The van der Waals surface area contributed by atoms with Crippen LogP contribution in [0.1, 0.15) is 22.5 Å². The van der Waals surface area contributed by atoms with Crippen LogP contribution in [0.3, 0.4) is 0 Å². The van der Waals surface area contributed by atoms with E-state index in [1.54, 1.807) is 14.2 Å². The van der Waals surface area contributed by atoms with E-state index in [1.807, 2.05) is 13.8 Å². The lowest BCUT2D eigenvalue weighted by Crippen LogP contribution is -2.32. The second-order valence-electron chi connectivity index (χ2n) is 7.01. The number of benzene rings is 1. The van der Waals surface area contributed by atoms with E-state index in [2.05, 4.69) is 43.9 Å². The summed E-state index contributed by atoms with van der Waals surface area (Å²) in [4.78, 5) is 11.5. The van der Waals surface area contributed by atoms with Crippen molar-refractivity contribution in [2.45, 2.75) is 27.7 Å². The van der Waals surface area contributed by atoms with Crippen LogP contribution in [0.25, 0.3) is 11.0 Å². The Hall–Kier alpha value is -2.36. The lowest BCUT2D eigenvalue weighted by atomic mass is 10.1. The molecule has 0 aliphatic rings. The maximum atomic E-state index is 5.28. The number of aryl methyl sites for hydroxylation is 3. The van der Waals surface area contributed by atoms with E-state index in [0.717, 1.165) is 58.1 Å². The van der Waals surface area contributed by atoms with Gasteiger partial charge in [0.05, 0.1) is 30.6 Å². The molecule has 29 heavy (non-hydrogen) atoms. The Balaban J connectivity index is 2.02. The Bertz CT molecular complexity index is 983. The first-order valence-electron chi connectivity index (χ1n) is 9.53. The molecule has 0 fully saturated rings. The van der Waals surface area contributed by atoms with Gasteiger partial charge in [-0.2, -0.15) is 8.75 Å². The zero-order valence-electron chi connectivity index (χ0n) is 17.9. The Labute approximate surface area is 175 Å². The molecule has 1 N–H and O–H groups in total. The minimum absolute atomic E-state index is 0.608.